The number of nitrogens with zero attached hydrogens (tertiary/aromatic N) is 2. The summed E-state index contributed by atoms with van der Waals surface area (Å²) in [6.45, 7) is 6.09. The fourth-order valence-electron chi connectivity index (χ4n) is 2.10. The lowest BCUT2D eigenvalue weighted by atomic mass is 10.1. The monoisotopic (exact) mass is 288 g/mol. The molecule has 106 valence electrons. The van der Waals surface area contributed by atoms with Gasteiger partial charge in [0.1, 0.15) is 5.76 Å². The first-order chi connectivity index (χ1) is 9.56. The molecule has 3 nitrogen and oxygen atoms in total. The Balaban J connectivity index is 2.09. The van der Waals surface area contributed by atoms with Gasteiger partial charge in [0, 0.05) is 29.4 Å². The number of rotatable bonds is 2. The van der Waals surface area contributed by atoms with Crippen molar-refractivity contribution in [2.45, 2.75) is 39.4 Å². The summed E-state index contributed by atoms with van der Waals surface area (Å²) in [6, 6.07) is 2.05. The second-order valence-corrected chi connectivity index (χ2v) is 5.99. The minimum Gasteiger partial charge on any atom is -0.508 e. The topological polar surface area (TPSA) is 45.5 Å². The minimum atomic E-state index is 0.314. The van der Waals surface area contributed by atoms with Crippen molar-refractivity contribution in [1.29, 1.82) is 0 Å². The van der Waals surface area contributed by atoms with Crippen LogP contribution in [0.25, 0.3) is 0 Å². The third kappa shape index (κ3) is 3.97. The zero-order valence-corrected chi connectivity index (χ0v) is 13.0. The van der Waals surface area contributed by atoms with E-state index in [9.17, 15) is 5.11 Å². The van der Waals surface area contributed by atoms with E-state index in [0.29, 0.717) is 5.76 Å². The van der Waals surface area contributed by atoms with E-state index >= 15 is 0 Å². The highest BCUT2D eigenvalue weighted by Gasteiger charge is 2.08. The molecule has 0 amide bonds. The lowest BCUT2D eigenvalue weighted by Gasteiger charge is -2.11. The predicted molar refractivity (Wildman–Crippen MR) is 86.1 cm³/mol. The van der Waals surface area contributed by atoms with E-state index < -0.39 is 0 Å². The lowest BCUT2D eigenvalue weighted by molar-refractivity contribution is 0.428. The molecule has 1 aromatic rings. The molecule has 0 radical (unpaired) electrons. The second-order valence-electron chi connectivity index (χ2n) is 4.94. The predicted octanol–water partition coefficient (Wildman–Crippen LogP) is 4.47. The maximum Gasteiger partial charge on any atom is 0.113 e. The van der Waals surface area contributed by atoms with Gasteiger partial charge in [-0.2, -0.15) is 0 Å². The SMILES string of the molecule is CC1=C/C(O)=C\CC/C(SCc2c(C)ccnc2C)=N\1. The van der Waals surface area contributed by atoms with Crippen LogP contribution in [0.4, 0.5) is 0 Å². The van der Waals surface area contributed by atoms with Gasteiger partial charge in [-0.3, -0.25) is 9.98 Å². The number of aliphatic hydroxyl groups is 1. The van der Waals surface area contributed by atoms with Gasteiger partial charge < -0.3 is 5.11 Å². The number of aliphatic hydroxyl groups excluding tert-OH is 1. The van der Waals surface area contributed by atoms with Crippen LogP contribution in [0.3, 0.4) is 0 Å². The van der Waals surface area contributed by atoms with E-state index in [0.717, 1.165) is 35.0 Å². The first-order valence-electron chi connectivity index (χ1n) is 6.75. The van der Waals surface area contributed by atoms with E-state index in [4.69, 9.17) is 0 Å². The molecule has 20 heavy (non-hydrogen) atoms. The van der Waals surface area contributed by atoms with Crippen molar-refractivity contribution in [3.05, 3.63) is 52.7 Å². The van der Waals surface area contributed by atoms with Crippen LogP contribution in [0.1, 0.15) is 36.6 Å². The van der Waals surface area contributed by atoms with Crippen LogP contribution in [0.5, 0.6) is 0 Å². The molecule has 0 atom stereocenters. The van der Waals surface area contributed by atoms with Crippen LogP contribution in [0.15, 0.2) is 40.9 Å². The Morgan fingerprint density at radius 3 is 2.85 bits per heavy atom. The number of hydrogen-bond donors (Lipinski definition) is 1. The molecule has 0 unspecified atom stereocenters. The smallest absolute Gasteiger partial charge is 0.113 e. The van der Waals surface area contributed by atoms with E-state index in [-0.39, 0.29) is 0 Å². The Bertz CT molecular complexity index is 568. The van der Waals surface area contributed by atoms with Crippen LogP contribution in [0, 0.1) is 13.8 Å². The molecule has 2 heterocycles. The summed E-state index contributed by atoms with van der Waals surface area (Å²) < 4.78 is 0. The van der Waals surface area contributed by atoms with Crippen LogP contribution in [0.2, 0.25) is 0 Å². The highest BCUT2D eigenvalue weighted by atomic mass is 32.2. The van der Waals surface area contributed by atoms with E-state index in [1.165, 1.54) is 11.1 Å². The van der Waals surface area contributed by atoms with Crippen molar-refractivity contribution >= 4 is 16.8 Å². The number of thioether (sulfide) groups is 1. The standard InChI is InChI=1S/C16H20N2OS/c1-11-7-8-17-13(3)15(11)10-20-16-6-4-5-14(19)9-12(2)18-16/h5,7-9,19H,4,6,10H2,1-3H3/b12-9-,14-5+,18-16+. The normalized spacial score (nSPS) is 23.6. The van der Waals surface area contributed by atoms with Gasteiger partial charge in [-0.25, -0.2) is 0 Å². The number of aromatic nitrogens is 1. The molecule has 0 fully saturated rings. The summed E-state index contributed by atoms with van der Waals surface area (Å²) >= 11 is 1.76. The van der Waals surface area contributed by atoms with Crippen molar-refractivity contribution in [3.63, 3.8) is 0 Å². The Morgan fingerprint density at radius 1 is 1.30 bits per heavy atom. The first-order valence-corrected chi connectivity index (χ1v) is 7.73. The van der Waals surface area contributed by atoms with Gasteiger partial charge in [-0.05, 0) is 56.9 Å². The van der Waals surface area contributed by atoms with Crippen LogP contribution < -0.4 is 0 Å². The third-order valence-electron chi connectivity index (χ3n) is 3.26. The Kier molecular flexibility index (Phi) is 5.01. The molecule has 0 aliphatic carbocycles. The zero-order chi connectivity index (χ0) is 14.5. The molecule has 1 N–H and O–H groups in total. The molecule has 0 aromatic carbocycles. The fraction of sp³-hybridized carbons (Fsp3) is 0.375. The molecule has 2 rings (SSSR count). The maximum atomic E-state index is 9.55. The Labute approximate surface area is 124 Å². The quantitative estimate of drug-likeness (QED) is 0.873. The highest BCUT2D eigenvalue weighted by Crippen LogP contribution is 2.23. The molecule has 0 saturated carbocycles. The zero-order valence-electron chi connectivity index (χ0n) is 12.2. The Hall–Kier alpha value is -1.55. The number of allylic oxidation sites excluding steroid dienone is 3. The van der Waals surface area contributed by atoms with Crippen LogP contribution >= 0.6 is 11.8 Å². The third-order valence-corrected chi connectivity index (χ3v) is 4.32. The summed E-state index contributed by atoms with van der Waals surface area (Å²) in [5, 5.41) is 10.7. The van der Waals surface area contributed by atoms with Crippen molar-refractivity contribution in [1.82, 2.24) is 4.98 Å². The van der Waals surface area contributed by atoms with Gasteiger partial charge in [0.2, 0.25) is 0 Å². The van der Waals surface area contributed by atoms with Crippen LogP contribution in [-0.2, 0) is 5.75 Å². The summed E-state index contributed by atoms with van der Waals surface area (Å²) in [5.74, 6) is 1.21. The minimum absolute atomic E-state index is 0.314. The lowest BCUT2D eigenvalue weighted by Crippen LogP contribution is -2.00. The summed E-state index contributed by atoms with van der Waals surface area (Å²) in [6.07, 6.45) is 7.11. The van der Waals surface area contributed by atoms with E-state index in [1.807, 2.05) is 19.2 Å². The van der Waals surface area contributed by atoms with Gasteiger partial charge in [0.05, 0.1) is 5.04 Å². The molecule has 0 spiro atoms. The molecular weight excluding hydrogens is 268 g/mol. The molecular formula is C16H20N2OS. The van der Waals surface area contributed by atoms with Crippen molar-refractivity contribution in [3.8, 4) is 0 Å². The first kappa shape index (κ1) is 14.9. The van der Waals surface area contributed by atoms with Crippen molar-refractivity contribution in [2.75, 3.05) is 0 Å². The highest BCUT2D eigenvalue weighted by molar-refractivity contribution is 8.13. The van der Waals surface area contributed by atoms with Gasteiger partial charge in [0.25, 0.3) is 0 Å². The average molecular weight is 288 g/mol. The number of aliphatic imine (C=N–C) groups is 1. The number of aryl methyl sites for hydroxylation is 2. The second kappa shape index (κ2) is 6.75. The molecule has 0 bridgehead atoms. The van der Waals surface area contributed by atoms with Crippen LogP contribution in [-0.4, -0.2) is 15.1 Å². The number of pyridine rings is 1. The van der Waals surface area contributed by atoms with E-state index in [2.05, 4.69) is 29.9 Å². The van der Waals surface area contributed by atoms with Gasteiger partial charge in [-0.1, -0.05) is 0 Å². The Morgan fingerprint density at radius 2 is 2.10 bits per heavy atom. The molecule has 0 saturated heterocycles. The average Bonchev–Trinajstić information content (AvgIpc) is 2.35. The van der Waals surface area contributed by atoms with E-state index in [1.54, 1.807) is 17.8 Å². The van der Waals surface area contributed by atoms with Gasteiger partial charge in [0.15, 0.2) is 0 Å². The number of hydrogen-bond acceptors (Lipinski definition) is 4. The van der Waals surface area contributed by atoms with Gasteiger partial charge in [-0.15, -0.1) is 11.8 Å². The van der Waals surface area contributed by atoms with Gasteiger partial charge >= 0.3 is 0 Å². The maximum absolute atomic E-state index is 9.55. The summed E-state index contributed by atoms with van der Waals surface area (Å²) in [4.78, 5) is 8.94. The molecule has 4 heteroatoms. The largest absolute Gasteiger partial charge is 0.508 e. The molecule has 1 aliphatic heterocycles. The molecule has 1 aromatic heterocycles. The molecule has 1 aliphatic rings. The summed E-state index contributed by atoms with van der Waals surface area (Å²) in [5.41, 5.74) is 4.51. The van der Waals surface area contributed by atoms with Crippen molar-refractivity contribution < 1.29 is 5.11 Å². The fourth-order valence-corrected chi connectivity index (χ4v) is 3.32. The summed E-state index contributed by atoms with van der Waals surface area (Å²) in [7, 11) is 0. The van der Waals surface area contributed by atoms with Crippen molar-refractivity contribution in [2.24, 2.45) is 4.99 Å².